The number of nitrogens with one attached hydrogen (secondary N) is 1. The van der Waals surface area contributed by atoms with E-state index in [-0.39, 0.29) is 0 Å². The maximum Gasteiger partial charge on any atom is 0.159 e. The summed E-state index contributed by atoms with van der Waals surface area (Å²) in [6.45, 7) is 3.47. The van der Waals surface area contributed by atoms with Gasteiger partial charge in [-0.25, -0.2) is 9.97 Å². The molecule has 3 rings (SSSR count). The Balaban J connectivity index is 1.96. The third-order valence-electron chi connectivity index (χ3n) is 4.55. The molecule has 1 aliphatic carbocycles. The molecule has 0 atom stereocenters. The zero-order valence-electron chi connectivity index (χ0n) is 13.9. The first kappa shape index (κ1) is 15.9. The molecular weight excluding hydrogens is 284 g/mol. The Bertz CT molecular complexity index is 648. The Morgan fingerprint density at radius 3 is 2.78 bits per heavy atom. The molecule has 0 saturated heterocycles. The highest BCUT2D eigenvalue weighted by molar-refractivity contribution is 5.59. The van der Waals surface area contributed by atoms with Crippen LogP contribution >= 0.6 is 0 Å². The van der Waals surface area contributed by atoms with E-state index in [9.17, 15) is 0 Å². The number of hydrogen-bond acceptors (Lipinski definition) is 4. The fourth-order valence-electron chi connectivity index (χ4n) is 3.35. The summed E-state index contributed by atoms with van der Waals surface area (Å²) in [5.74, 6) is 1.36. The van der Waals surface area contributed by atoms with Crippen LogP contribution in [-0.2, 0) is 0 Å². The molecule has 1 fully saturated rings. The van der Waals surface area contributed by atoms with Crippen LogP contribution in [0.15, 0.2) is 30.5 Å². The van der Waals surface area contributed by atoms with E-state index in [1.807, 2.05) is 6.20 Å². The van der Waals surface area contributed by atoms with Crippen LogP contribution in [0.3, 0.4) is 0 Å². The zero-order valence-corrected chi connectivity index (χ0v) is 13.9. The minimum absolute atomic E-state index is 0.538. The van der Waals surface area contributed by atoms with Gasteiger partial charge in [-0.3, -0.25) is 0 Å². The number of nitrogens with zero attached hydrogens (tertiary/aromatic N) is 2. The predicted molar refractivity (Wildman–Crippen MR) is 95.6 cm³/mol. The van der Waals surface area contributed by atoms with Gasteiger partial charge in [-0.15, -0.1) is 0 Å². The molecule has 122 valence electrons. The van der Waals surface area contributed by atoms with Gasteiger partial charge < -0.3 is 11.1 Å². The number of anilines is 1. The highest BCUT2D eigenvalue weighted by atomic mass is 15.0. The van der Waals surface area contributed by atoms with Gasteiger partial charge in [0, 0.05) is 24.6 Å². The number of aromatic nitrogens is 2. The third kappa shape index (κ3) is 3.88. The van der Waals surface area contributed by atoms with Gasteiger partial charge in [-0.05, 0) is 25.8 Å². The lowest BCUT2D eigenvalue weighted by Crippen LogP contribution is -2.17. The lowest BCUT2D eigenvalue weighted by atomic mass is 9.86. The van der Waals surface area contributed by atoms with Crippen molar-refractivity contribution in [3.8, 4) is 11.4 Å². The molecule has 23 heavy (non-hydrogen) atoms. The number of benzene rings is 1. The fraction of sp³-hybridized carbons (Fsp3) is 0.474. The van der Waals surface area contributed by atoms with Crippen LogP contribution in [-0.4, -0.2) is 23.1 Å². The van der Waals surface area contributed by atoms with Gasteiger partial charge in [0.1, 0.15) is 0 Å². The van der Waals surface area contributed by atoms with Crippen LogP contribution in [0.25, 0.3) is 11.4 Å². The van der Waals surface area contributed by atoms with Crippen LogP contribution in [0, 0.1) is 6.92 Å². The molecule has 0 amide bonds. The van der Waals surface area contributed by atoms with E-state index in [2.05, 4.69) is 41.5 Å². The maximum absolute atomic E-state index is 5.64. The number of rotatable bonds is 5. The lowest BCUT2D eigenvalue weighted by Gasteiger charge is -2.24. The quantitative estimate of drug-likeness (QED) is 0.880. The molecule has 2 aromatic rings. The van der Waals surface area contributed by atoms with Crippen LogP contribution in [0.4, 0.5) is 5.69 Å². The van der Waals surface area contributed by atoms with Gasteiger partial charge in [-0.1, -0.05) is 43.0 Å². The Labute approximate surface area is 138 Å². The van der Waals surface area contributed by atoms with Gasteiger partial charge >= 0.3 is 0 Å². The Morgan fingerprint density at radius 1 is 1.22 bits per heavy atom. The van der Waals surface area contributed by atoms with E-state index in [0.29, 0.717) is 12.5 Å². The Hall–Kier alpha value is -1.94. The molecule has 1 aromatic carbocycles. The average molecular weight is 310 g/mol. The van der Waals surface area contributed by atoms with Crippen molar-refractivity contribution in [2.75, 3.05) is 18.4 Å². The van der Waals surface area contributed by atoms with Gasteiger partial charge in [-0.2, -0.15) is 0 Å². The summed E-state index contributed by atoms with van der Waals surface area (Å²) in [5, 5.41) is 3.40. The molecule has 0 spiro atoms. The predicted octanol–water partition coefficient (Wildman–Crippen LogP) is 3.87. The van der Waals surface area contributed by atoms with Crippen molar-refractivity contribution in [2.45, 2.75) is 44.9 Å². The molecular formula is C19H26N4. The summed E-state index contributed by atoms with van der Waals surface area (Å²) in [7, 11) is 0. The van der Waals surface area contributed by atoms with Crippen molar-refractivity contribution >= 4 is 5.69 Å². The third-order valence-corrected chi connectivity index (χ3v) is 4.55. The van der Waals surface area contributed by atoms with Crippen molar-refractivity contribution in [3.05, 3.63) is 41.7 Å². The molecule has 3 N–H and O–H groups in total. The molecule has 1 heterocycles. The van der Waals surface area contributed by atoms with Crippen molar-refractivity contribution < 1.29 is 0 Å². The van der Waals surface area contributed by atoms with E-state index in [4.69, 9.17) is 10.7 Å². The van der Waals surface area contributed by atoms with Crippen molar-refractivity contribution in [2.24, 2.45) is 5.73 Å². The monoisotopic (exact) mass is 310 g/mol. The number of hydrogen-bond donors (Lipinski definition) is 2. The molecule has 0 aliphatic heterocycles. The lowest BCUT2D eigenvalue weighted by molar-refractivity contribution is 0.437. The summed E-state index contributed by atoms with van der Waals surface area (Å²) in [6.07, 6.45) is 8.32. The zero-order chi connectivity index (χ0) is 16.1. The molecule has 0 bridgehead atoms. The Kier molecular flexibility index (Phi) is 5.23. The summed E-state index contributed by atoms with van der Waals surface area (Å²) in [4.78, 5) is 9.53. The fourth-order valence-corrected chi connectivity index (χ4v) is 3.35. The standard InChI is InChI=1S/C19H26N4/c1-14-6-5-9-16(12-14)19-22-13-17(21-11-10-20)18(23-19)15-7-3-2-4-8-15/h5-6,9,12-13,15,21H,2-4,7-8,10-11,20H2,1H3. The van der Waals surface area contributed by atoms with E-state index in [0.717, 1.165) is 23.6 Å². The van der Waals surface area contributed by atoms with Gasteiger partial charge in [0.05, 0.1) is 17.6 Å². The summed E-state index contributed by atoms with van der Waals surface area (Å²) < 4.78 is 0. The minimum atomic E-state index is 0.538. The SMILES string of the molecule is Cc1cccc(-c2ncc(NCCN)c(C3CCCCC3)n2)c1. The van der Waals surface area contributed by atoms with Crippen LogP contribution in [0.1, 0.15) is 49.3 Å². The van der Waals surface area contributed by atoms with Crippen LogP contribution < -0.4 is 11.1 Å². The first-order valence-electron chi connectivity index (χ1n) is 8.66. The summed E-state index contributed by atoms with van der Waals surface area (Å²) in [6, 6.07) is 8.39. The highest BCUT2D eigenvalue weighted by Gasteiger charge is 2.21. The summed E-state index contributed by atoms with van der Waals surface area (Å²) >= 11 is 0. The van der Waals surface area contributed by atoms with Gasteiger partial charge in [0.2, 0.25) is 0 Å². The molecule has 4 heteroatoms. The molecule has 4 nitrogen and oxygen atoms in total. The van der Waals surface area contributed by atoms with Gasteiger partial charge in [0.15, 0.2) is 5.82 Å². The highest BCUT2D eigenvalue weighted by Crippen LogP contribution is 2.35. The number of aryl methyl sites for hydroxylation is 1. The van der Waals surface area contributed by atoms with E-state index in [1.54, 1.807) is 0 Å². The first-order valence-corrected chi connectivity index (χ1v) is 8.66. The van der Waals surface area contributed by atoms with Crippen LogP contribution in [0.2, 0.25) is 0 Å². The number of nitrogens with two attached hydrogens (primary N) is 1. The molecule has 0 radical (unpaired) electrons. The largest absolute Gasteiger partial charge is 0.381 e. The van der Waals surface area contributed by atoms with E-state index >= 15 is 0 Å². The topological polar surface area (TPSA) is 63.8 Å². The normalized spacial score (nSPS) is 15.6. The van der Waals surface area contributed by atoms with Crippen molar-refractivity contribution in [1.82, 2.24) is 9.97 Å². The minimum Gasteiger partial charge on any atom is -0.381 e. The van der Waals surface area contributed by atoms with Gasteiger partial charge in [0.25, 0.3) is 0 Å². The first-order chi connectivity index (χ1) is 11.3. The molecule has 0 unspecified atom stereocenters. The maximum atomic E-state index is 5.64. The van der Waals surface area contributed by atoms with Crippen molar-refractivity contribution in [3.63, 3.8) is 0 Å². The second kappa shape index (κ2) is 7.55. The second-order valence-corrected chi connectivity index (χ2v) is 6.41. The smallest absolute Gasteiger partial charge is 0.159 e. The Morgan fingerprint density at radius 2 is 2.04 bits per heavy atom. The second-order valence-electron chi connectivity index (χ2n) is 6.41. The van der Waals surface area contributed by atoms with Crippen LogP contribution in [0.5, 0.6) is 0 Å². The average Bonchev–Trinajstić information content (AvgIpc) is 2.60. The van der Waals surface area contributed by atoms with E-state index in [1.165, 1.54) is 43.4 Å². The molecule has 1 aromatic heterocycles. The molecule has 1 saturated carbocycles. The summed E-state index contributed by atoms with van der Waals surface area (Å²) in [5.41, 5.74) is 10.2. The van der Waals surface area contributed by atoms with Crippen molar-refractivity contribution in [1.29, 1.82) is 0 Å². The molecule has 1 aliphatic rings. The van der Waals surface area contributed by atoms with E-state index < -0.39 is 0 Å².